The molecule has 0 unspecified atom stereocenters. The summed E-state index contributed by atoms with van der Waals surface area (Å²) in [6.45, 7) is 0.576. The SMILES string of the molecule is O=C(CN1C(=O)CCc2ccccc21)NCCCc1ccc(F)cc1. The fraction of sp³-hybridized carbons (Fsp3) is 0.300. The van der Waals surface area contributed by atoms with Crippen molar-refractivity contribution >= 4 is 17.5 Å². The summed E-state index contributed by atoms with van der Waals surface area (Å²) in [4.78, 5) is 25.9. The zero-order valence-electron chi connectivity index (χ0n) is 14.0. The van der Waals surface area contributed by atoms with E-state index in [2.05, 4.69) is 5.32 Å². The first-order valence-electron chi connectivity index (χ1n) is 8.53. The van der Waals surface area contributed by atoms with E-state index >= 15 is 0 Å². The third kappa shape index (κ3) is 4.44. The van der Waals surface area contributed by atoms with Crippen molar-refractivity contribution in [1.82, 2.24) is 5.32 Å². The van der Waals surface area contributed by atoms with Crippen LogP contribution in [-0.4, -0.2) is 24.9 Å². The van der Waals surface area contributed by atoms with Crippen LogP contribution >= 0.6 is 0 Å². The van der Waals surface area contributed by atoms with Gasteiger partial charge in [-0.3, -0.25) is 9.59 Å². The highest BCUT2D eigenvalue weighted by atomic mass is 19.1. The molecule has 0 spiro atoms. The molecule has 2 aromatic carbocycles. The molecule has 0 bridgehead atoms. The van der Waals surface area contributed by atoms with E-state index in [-0.39, 0.29) is 24.2 Å². The minimum absolute atomic E-state index is 0.0137. The highest BCUT2D eigenvalue weighted by Crippen LogP contribution is 2.26. The lowest BCUT2D eigenvalue weighted by Crippen LogP contribution is -2.43. The molecule has 1 N–H and O–H groups in total. The van der Waals surface area contributed by atoms with Crippen molar-refractivity contribution in [3.63, 3.8) is 0 Å². The summed E-state index contributed by atoms with van der Waals surface area (Å²) in [5, 5.41) is 2.86. The first-order valence-corrected chi connectivity index (χ1v) is 8.53. The minimum Gasteiger partial charge on any atom is -0.355 e. The van der Waals surface area contributed by atoms with Crippen LogP contribution < -0.4 is 10.2 Å². The molecule has 2 aromatic rings. The average molecular weight is 340 g/mol. The number of hydrogen-bond donors (Lipinski definition) is 1. The van der Waals surface area contributed by atoms with Gasteiger partial charge in [0.25, 0.3) is 0 Å². The fourth-order valence-electron chi connectivity index (χ4n) is 3.04. The lowest BCUT2D eigenvalue weighted by Gasteiger charge is -2.28. The number of rotatable bonds is 6. The van der Waals surface area contributed by atoms with E-state index in [1.54, 1.807) is 17.0 Å². The molecule has 0 fully saturated rings. The number of para-hydroxylation sites is 1. The Morgan fingerprint density at radius 1 is 1.08 bits per heavy atom. The van der Waals surface area contributed by atoms with Crippen molar-refractivity contribution in [3.05, 3.63) is 65.5 Å². The van der Waals surface area contributed by atoms with Crippen LogP contribution in [-0.2, 0) is 22.4 Å². The Balaban J connectivity index is 1.48. The van der Waals surface area contributed by atoms with E-state index in [0.29, 0.717) is 13.0 Å². The molecule has 0 aliphatic carbocycles. The fourth-order valence-corrected chi connectivity index (χ4v) is 3.04. The van der Waals surface area contributed by atoms with Crippen molar-refractivity contribution < 1.29 is 14.0 Å². The molecular weight excluding hydrogens is 319 g/mol. The first kappa shape index (κ1) is 17.1. The summed E-state index contributed by atoms with van der Waals surface area (Å²) in [6, 6.07) is 14.1. The Morgan fingerprint density at radius 3 is 2.64 bits per heavy atom. The van der Waals surface area contributed by atoms with Crippen LogP contribution in [0.25, 0.3) is 0 Å². The van der Waals surface area contributed by atoms with Crippen LogP contribution in [0.4, 0.5) is 10.1 Å². The molecule has 0 saturated heterocycles. The standard InChI is InChI=1S/C20H21FN2O2/c21-17-10-7-15(8-11-17)4-3-13-22-19(24)14-23-18-6-2-1-5-16(18)9-12-20(23)25/h1-2,5-8,10-11H,3-4,9,12-14H2,(H,22,24). The largest absolute Gasteiger partial charge is 0.355 e. The molecule has 0 atom stereocenters. The summed E-state index contributed by atoms with van der Waals surface area (Å²) in [5.41, 5.74) is 2.97. The molecule has 25 heavy (non-hydrogen) atoms. The maximum atomic E-state index is 12.9. The van der Waals surface area contributed by atoms with Gasteiger partial charge in [-0.2, -0.15) is 0 Å². The number of aryl methyl sites for hydroxylation is 2. The number of halogens is 1. The molecule has 130 valence electrons. The monoisotopic (exact) mass is 340 g/mol. The molecule has 1 aliphatic heterocycles. The Hall–Kier alpha value is -2.69. The Morgan fingerprint density at radius 2 is 1.84 bits per heavy atom. The van der Waals surface area contributed by atoms with Gasteiger partial charge >= 0.3 is 0 Å². The van der Waals surface area contributed by atoms with Gasteiger partial charge < -0.3 is 10.2 Å². The van der Waals surface area contributed by atoms with Gasteiger partial charge in [0.05, 0.1) is 0 Å². The lowest BCUT2D eigenvalue weighted by molar-refractivity contribution is -0.124. The van der Waals surface area contributed by atoms with Crippen molar-refractivity contribution in [1.29, 1.82) is 0 Å². The third-order valence-electron chi connectivity index (χ3n) is 4.37. The van der Waals surface area contributed by atoms with E-state index in [0.717, 1.165) is 36.1 Å². The summed E-state index contributed by atoms with van der Waals surface area (Å²) in [6.07, 6.45) is 2.70. The highest BCUT2D eigenvalue weighted by molar-refractivity contribution is 6.00. The zero-order chi connectivity index (χ0) is 17.6. The lowest BCUT2D eigenvalue weighted by atomic mass is 10.0. The van der Waals surface area contributed by atoms with Crippen LogP contribution in [0.3, 0.4) is 0 Å². The van der Waals surface area contributed by atoms with Gasteiger partial charge in [-0.05, 0) is 48.6 Å². The smallest absolute Gasteiger partial charge is 0.240 e. The van der Waals surface area contributed by atoms with Crippen LogP contribution in [0.2, 0.25) is 0 Å². The van der Waals surface area contributed by atoms with E-state index in [4.69, 9.17) is 0 Å². The summed E-state index contributed by atoms with van der Waals surface area (Å²) >= 11 is 0. The predicted octanol–water partition coefficient (Wildman–Crippen LogP) is 2.85. The van der Waals surface area contributed by atoms with Gasteiger partial charge in [-0.25, -0.2) is 4.39 Å². The van der Waals surface area contributed by atoms with Gasteiger partial charge in [0.2, 0.25) is 11.8 Å². The number of nitrogens with one attached hydrogen (secondary N) is 1. The molecule has 4 nitrogen and oxygen atoms in total. The summed E-state index contributed by atoms with van der Waals surface area (Å²) in [7, 11) is 0. The molecule has 1 heterocycles. The van der Waals surface area contributed by atoms with Crippen molar-refractivity contribution in [3.8, 4) is 0 Å². The molecule has 0 saturated carbocycles. The molecule has 5 heteroatoms. The highest BCUT2D eigenvalue weighted by Gasteiger charge is 2.25. The predicted molar refractivity (Wildman–Crippen MR) is 94.8 cm³/mol. The number of hydrogen-bond acceptors (Lipinski definition) is 2. The Kier molecular flexibility index (Phi) is 5.43. The van der Waals surface area contributed by atoms with Crippen molar-refractivity contribution in [2.45, 2.75) is 25.7 Å². The molecule has 2 amide bonds. The minimum atomic E-state index is -0.247. The number of carbonyl (C=O) groups is 2. The number of amides is 2. The van der Waals surface area contributed by atoms with Crippen LogP contribution in [0.1, 0.15) is 24.0 Å². The average Bonchev–Trinajstić information content (AvgIpc) is 2.63. The second-order valence-electron chi connectivity index (χ2n) is 6.19. The van der Waals surface area contributed by atoms with Crippen LogP contribution in [0, 0.1) is 5.82 Å². The second-order valence-corrected chi connectivity index (χ2v) is 6.19. The van der Waals surface area contributed by atoms with Gasteiger partial charge in [0, 0.05) is 18.7 Å². The van der Waals surface area contributed by atoms with Crippen molar-refractivity contribution in [2.75, 3.05) is 18.0 Å². The summed E-state index contributed by atoms with van der Waals surface area (Å²) in [5.74, 6) is -0.423. The molecule has 3 rings (SSSR count). The van der Waals surface area contributed by atoms with Crippen LogP contribution in [0.5, 0.6) is 0 Å². The van der Waals surface area contributed by atoms with Gasteiger partial charge in [-0.1, -0.05) is 30.3 Å². The quantitative estimate of drug-likeness (QED) is 0.822. The maximum Gasteiger partial charge on any atom is 0.240 e. The molecule has 1 aliphatic rings. The van der Waals surface area contributed by atoms with E-state index in [1.165, 1.54) is 12.1 Å². The number of nitrogens with zero attached hydrogens (tertiary/aromatic N) is 1. The normalized spacial score (nSPS) is 13.5. The number of anilines is 1. The topological polar surface area (TPSA) is 49.4 Å². The molecule has 0 aromatic heterocycles. The molecule has 0 radical (unpaired) electrons. The zero-order valence-corrected chi connectivity index (χ0v) is 14.0. The molecular formula is C20H21FN2O2. The van der Waals surface area contributed by atoms with E-state index < -0.39 is 0 Å². The van der Waals surface area contributed by atoms with E-state index in [1.807, 2.05) is 24.3 Å². The van der Waals surface area contributed by atoms with Gasteiger partial charge in [0.15, 0.2) is 0 Å². The van der Waals surface area contributed by atoms with E-state index in [9.17, 15) is 14.0 Å². The summed E-state index contributed by atoms with van der Waals surface area (Å²) < 4.78 is 12.9. The van der Waals surface area contributed by atoms with Crippen molar-refractivity contribution in [2.24, 2.45) is 0 Å². The Labute approximate surface area is 146 Å². The van der Waals surface area contributed by atoms with Gasteiger partial charge in [0.1, 0.15) is 12.4 Å². The maximum absolute atomic E-state index is 12.9. The number of fused-ring (bicyclic) bond motifs is 1. The third-order valence-corrected chi connectivity index (χ3v) is 4.37. The van der Waals surface area contributed by atoms with Gasteiger partial charge in [-0.15, -0.1) is 0 Å². The first-order chi connectivity index (χ1) is 12.1. The number of carbonyl (C=O) groups excluding carboxylic acids is 2. The second kappa shape index (κ2) is 7.92. The van der Waals surface area contributed by atoms with Crippen LogP contribution in [0.15, 0.2) is 48.5 Å². The number of benzene rings is 2. The Bertz CT molecular complexity index is 759.